The molecule has 8 N–H and O–H groups in total. The molecule has 0 unspecified atom stereocenters. The molecule has 33 heteroatoms. The molecular formula is C115H158Co2N22O9+2. The van der Waals surface area contributed by atoms with Crippen LogP contribution < -0.4 is 14.8 Å². The Labute approximate surface area is 896 Å². The van der Waals surface area contributed by atoms with Gasteiger partial charge in [-0.15, -0.1) is 40.9 Å². The number of nitrogens with zero attached hydrogens (tertiary/aromatic N) is 22. The van der Waals surface area contributed by atoms with Gasteiger partial charge in [0, 0.05) is 99.1 Å². The van der Waals surface area contributed by atoms with Crippen LogP contribution in [0.5, 0.6) is 52.3 Å². The van der Waals surface area contributed by atoms with E-state index in [1.807, 2.05) is 137 Å². The minimum absolute atomic E-state index is 0. The molecule has 0 saturated carbocycles. The van der Waals surface area contributed by atoms with Crippen LogP contribution in [0.4, 0.5) is 68.2 Å². The fourth-order valence-corrected chi connectivity index (χ4v) is 16.6. The van der Waals surface area contributed by atoms with E-state index >= 15 is 0 Å². The first-order valence-electron chi connectivity index (χ1n) is 50.9. The Morgan fingerprint density at radius 3 is 0.831 bits per heavy atom. The van der Waals surface area contributed by atoms with Crippen LogP contribution in [0.2, 0.25) is 0 Å². The number of phenols is 4. The minimum atomic E-state index is -0.0587. The monoisotopic (exact) mass is 2110 g/mol. The molecule has 0 spiro atoms. The molecule has 0 fully saturated rings. The van der Waals surface area contributed by atoms with E-state index in [4.69, 9.17) is 14.9 Å². The molecule has 2 aliphatic heterocycles. The summed E-state index contributed by atoms with van der Waals surface area (Å²) in [5.41, 5.74) is 21.2. The third-order valence-corrected chi connectivity index (χ3v) is 27.9. The average molecular weight is 2110 g/mol. The number of phenolic OH excluding ortho intramolecular Hbond substituents is 4. The number of methoxy groups -OCH3 is 1. The molecule has 798 valence electrons. The minimum Gasteiger partial charge on any atom is -0.506 e. The first-order chi connectivity index (χ1) is 69.2. The zero-order valence-corrected chi connectivity index (χ0v) is 94.5. The second kappa shape index (κ2) is 53.9. The molecule has 2 aliphatic rings. The maximum atomic E-state index is 10.1. The van der Waals surface area contributed by atoms with Crippen LogP contribution in [0.1, 0.15) is 272 Å². The van der Waals surface area contributed by atoms with E-state index in [9.17, 15) is 40.9 Å². The number of hydrazone groups is 2. The molecule has 0 amide bonds. The largest absolute Gasteiger partial charge is 0.506 e. The van der Waals surface area contributed by atoms with Crippen LogP contribution in [0.15, 0.2) is 221 Å². The second-order valence-corrected chi connectivity index (χ2v) is 40.3. The number of ether oxygens (including phenoxy) is 1. The van der Waals surface area contributed by atoms with Gasteiger partial charge in [0.15, 0.2) is 22.7 Å². The van der Waals surface area contributed by atoms with Gasteiger partial charge in [0.25, 0.3) is 0 Å². The molecule has 0 aliphatic carbocycles. The van der Waals surface area contributed by atoms with E-state index in [1.54, 1.807) is 59.6 Å². The van der Waals surface area contributed by atoms with E-state index < -0.39 is 0 Å². The summed E-state index contributed by atoms with van der Waals surface area (Å²) in [5.74, 6) is 1.02. The number of hydrogen-bond acceptors (Lipinski definition) is 25. The molecule has 31 nitrogen and oxygen atoms in total. The Balaban J connectivity index is 0.000000240. The van der Waals surface area contributed by atoms with Gasteiger partial charge in [0.05, 0.1) is 52.1 Å². The third-order valence-electron chi connectivity index (χ3n) is 27.9. The molecule has 2 radical (unpaired) electrons. The molecule has 8 aromatic carbocycles. The number of hydrogen-bond donors (Lipinski definition) is 8. The zero-order chi connectivity index (χ0) is 108. The van der Waals surface area contributed by atoms with Crippen molar-refractivity contribution in [3.63, 3.8) is 0 Å². The summed E-state index contributed by atoms with van der Waals surface area (Å²) in [4.78, 5) is 0. The molecule has 6 heterocycles. The number of aromatic nitrogens is 8. The van der Waals surface area contributed by atoms with Crippen molar-refractivity contribution < 1.29 is 88.3 Å². The number of aryl methyl sites for hydroxylation is 9. The van der Waals surface area contributed by atoms with Crippen LogP contribution in [-0.2, 0) is 126 Å². The Hall–Kier alpha value is -13.5. The second-order valence-electron chi connectivity index (χ2n) is 40.3. The van der Waals surface area contributed by atoms with E-state index in [-0.39, 0.29) is 113 Å². The molecule has 14 rings (SSSR count). The van der Waals surface area contributed by atoms with Gasteiger partial charge in [-0.25, -0.2) is 18.7 Å². The van der Waals surface area contributed by atoms with Crippen molar-refractivity contribution >= 4 is 92.1 Å². The van der Waals surface area contributed by atoms with Crippen LogP contribution >= 0.6 is 0 Å². The Kier molecular flexibility index (Phi) is 44.2. The predicted molar refractivity (Wildman–Crippen MR) is 590 cm³/mol. The van der Waals surface area contributed by atoms with E-state index in [1.165, 1.54) is 58.2 Å². The summed E-state index contributed by atoms with van der Waals surface area (Å²) >= 11 is 0. The standard InChI is InChI=1S/C22H28N3.C21H26N3O.4C18H26N4O2.2Co/c1-6-17-12-14-18(15-13-17)24(5)23-16-21-22(3,4)19-10-8-9-11-20(19)25(21)7-2;1-6-24-19-10-8-7-9-18(19)21(2,3)20(24)15-22-23(4)16-11-13-17(25-5)14-12-16;4*1-6-8-13-16(17(24)22(5)21-13)20-19-14-11-12(9-10-15(14)23)18(3,4)7-2;;/h8-16H,6-7H2,1-5H3;7-15H,6H2,1-5H3;4*9-11,23-24H,6-8H2,1-5H3;;/q2*+1;;;;;;. The van der Waals surface area contributed by atoms with Crippen molar-refractivity contribution in [2.45, 2.75) is 275 Å². The zero-order valence-electron chi connectivity index (χ0n) is 92.4. The van der Waals surface area contributed by atoms with Crippen LogP contribution in [0, 0.1) is 0 Å². The summed E-state index contributed by atoms with van der Waals surface area (Å²) in [7, 11) is 12.3. The topological polar surface area (TPSA) is 378 Å². The smallest absolute Gasteiger partial charge is 0.238 e. The predicted octanol–water partition coefficient (Wildman–Crippen LogP) is 28.5. The SMILES string of the molecule is CCCc1nn(C)c(O)c1N=Nc1cc(C(C)(C)CC)ccc1O.CCCc1nn(C)c(O)c1N=Nc1cc(C(C)(C)CC)ccc1O.CCCc1nn(C)c(O)c1N=Nc1cc(C(C)(C)CC)ccc1O.CCCc1nn(C)c(O)c1N=Nc1cc(C(C)(C)CC)ccc1O.CC[N+]1=C(/C=N/N(C)c2ccc(OC)cc2)C(C)(C)c2ccccc21.CCc1ccc(N(C)/N=C/C2=[N+](CC)c3ccccc3C2(C)C)cc1.[Co].[Co]. The average Bonchev–Trinajstić information content (AvgIpc) is 1.60. The quantitative estimate of drug-likeness (QED) is 0.00804. The van der Waals surface area contributed by atoms with Gasteiger partial charge in [-0.2, -0.15) is 39.7 Å². The third kappa shape index (κ3) is 29.5. The van der Waals surface area contributed by atoms with Crippen molar-refractivity contribution in [3.8, 4) is 52.3 Å². The molecule has 0 bridgehead atoms. The molecular weight excluding hydrogens is 1950 g/mol. The number of aromatic hydroxyl groups is 8. The van der Waals surface area contributed by atoms with Gasteiger partial charge in [0.2, 0.25) is 46.3 Å². The van der Waals surface area contributed by atoms with Crippen LogP contribution in [0.25, 0.3) is 0 Å². The summed E-state index contributed by atoms with van der Waals surface area (Å²) in [6.07, 6.45) is 15.4. The molecule has 148 heavy (non-hydrogen) atoms. The van der Waals surface area contributed by atoms with Gasteiger partial charge < -0.3 is 45.6 Å². The summed E-state index contributed by atoms with van der Waals surface area (Å²) in [6, 6.07) is 55.3. The fraction of sp³-hybridized carbons (Fsp3) is 0.443. The van der Waals surface area contributed by atoms with Crippen molar-refractivity contribution in [1.82, 2.24) is 39.1 Å². The maximum absolute atomic E-state index is 10.1. The van der Waals surface area contributed by atoms with Gasteiger partial charge >= 0.3 is 0 Å². The number of azo groups is 4. The van der Waals surface area contributed by atoms with Crippen molar-refractivity contribution in [2.75, 3.05) is 44.3 Å². The number of para-hydroxylation sites is 2. The molecule has 0 atom stereocenters. The van der Waals surface area contributed by atoms with E-state index in [2.05, 4.69) is 275 Å². The molecule has 12 aromatic rings. The summed E-state index contributed by atoms with van der Waals surface area (Å²) in [5, 5.41) is 144. The Bertz CT molecular complexity index is 6040. The number of fused-ring (bicyclic) bond motifs is 2. The van der Waals surface area contributed by atoms with Crippen molar-refractivity contribution in [2.24, 2.45) is 79.3 Å². The Morgan fingerprint density at radius 1 is 0.351 bits per heavy atom. The van der Waals surface area contributed by atoms with Gasteiger partial charge in [-0.3, -0.25) is 10.0 Å². The van der Waals surface area contributed by atoms with E-state index in [0.717, 1.165) is 110 Å². The van der Waals surface area contributed by atoms with Crippen molar-refractivity contribution in [3.05, 3.63) is 232 Å². The van der Waals surface area contributed by atoms with Gasteiger partial charge in [0.1, 0.15) is 77.0 Å². The van der Waals surface area contributed by atoms with Crippen LogP contribution in [-0.4, -0.2) is 147 Å². The van der Waals surface area contributed by atoms with E-state index in [0.29, 0.717) is 94.0 Å². The number of rotatable bonds is 34. The first kappa shape index (κ1) is 121. The summed E-state index contributed by atoms with van der Waals surface area (Å²) < 4.78 is 15.5. The maximum Gasteiger partial charge on any atom is 0.238 e. The normalized spacial score (nSPS) is 13.2. The van der Waals surface area contributed by atoms with Crippen LogP contribution in [0.3, 0.4) is 0 Å². The number of anilines is 2. The molecule has 4 aromatic heterocycles. The van der Waals surface area contributed by atoms with Gasteiger partial charge in [-0.1, -0.05) is 216 Å². The molecule has 0 saturated heterocycles. The summed E-state index contributed by atoms with van der Waals surface area (Å²) in [6.45, 7) is 51.3. The Morgan fingerprint density at radius 2 is 0.601 bits per heavy atom. The number of benzene rings is 8. The first-order valence-corrected chi connectivity index (χ1v) is 50.9. The van der Waals surface area contributed by atoms with Crippen molar-refractivity contribution in [1.29, 1.82) is 0 Å². The fourth-order valence-electron chi connectivity index (χ4n) is 16.6. The van der Waals surface area contributed by atoms with Gasteiger partial charge in [-0.05, 0) is 234 Å².